The van der Waals surface area contributed by atoms with Gasteiger partial charge in [-0.1, -0.05) is 42.5 Å². The monoisotopic (exact) mass is 374 g/mol. The van der Waals surface area contributed by atoms with E-state index in [9.17, 15) is 9.59 Å². The lowest BCUT2D eigenvalue weighted by Gasteiger charge is -2.23. The van der Waals surface area contributed by atoms with Crippen molar-refractivity contribution in [2.24, 2.45) is 0 Å². The fraction of sp³-hybridized carbons (Fsp3) is 0.182. The SMILES string of the molecule is CC1(c2ccc3ccccc3c2)NC(=O)N(Cc2ccc3c(c2)OCO3)C1=O. The number of nitrogens with zero attached hydrogens (tertiary/aromatic N) is 1. The molecule has 5 rings (SSSR count). The van der Waals surface area contributed by atoms with Crippen LogP contribution in [-0.4, -0.2) is 23.6 Å². The summed E-state index contributed by atoms with van der Waals surface area (Å²) in [6, 6.07) is 18.8. The van der Waals surface area contributed by atoms with E-state index in [0.29, 0.717) is 11.5 Å². The van der Waals surface area contributed by atoms with Crippen molar-refractivity contribution in [2.75, 3.05) is 6.79 Å². The Morgan fingerprint density at radius 1 is 0.964 bits per heavy atom. The maximum absolute atomic E-state index is 13.2. The standard InChI is InChI=1S/C22H18N2O4/c1-22(17-8-7-15-4-2-3-5-16(15)11-17)20(25)24(21(26)23-22)12-14-6-9-18-19(10-14)28-13-27-18/h2-11H,12-13H2,1H3,(H,23,26). The third-order valence-electron chi connectivity index (χ3n) is 5.38. The van der Waals surface area contributed by atoms with E-state index in [1.54, 1.807) is 19.1 Å². The topological polar surface area (TPSA) is 67.9 Å². The first-order valence-electron chi connectivity index (χ1n) is 9.06. The number of carbonyl (C=O) groups is 2. The first kappa shape index (κ1) is 16.6. The number of urea groups is 1. The number of imide groups is 1. The number of ether oxygens (including phenoxy) is 2. The minimum atomic E-state index is -1.10. The average molecular weight is 374 g/mol. The zero-order valence-corrected chi connectivity index (χ0v) is 15.3. The summed E-state index contributed by atoms with van der Waals surface area (Å²) in [7, 11) is 0. The highest BCUT2D eigenvalue weighted by atomic mass is 16.7. The molecule has 0 radical (unpaired) electrons. The normalized spacial score (nSPS) is 20.7. The van der Waals surface area contributed by atoms with Crippen molar-refractivity contribution < 1.29 is 19.1 Å². The molecule has 1 N–H and O–H groups in total. The molecule has 0 saturated carbocycles. The molecule has 0 bridgehead atoms. The summed E-state index contributed by atoms with van der Waals surface area (Å²) in [5.41, 5.74) is 0.463. The Kier molecular flexibility index (Phi) is 3.55. The van der Waals surface area contributed by atoms with E-state index < -0.39 is 11.6 Å². The lowest BCUT2D eigenvalue weighted by Crippen LogP contribution is -2.40. The summed E-state index contributed by atoms with van der Waals surface area (Å²) < 4.78 is 10.7. The zero-order chi connectivity index (χ0) is 19.3. The number of hydrogen-bond acceptors (Lipinski definition) is 4. The highest BCUT2D eigenvalue weighted by Crippen LogP contribution is 2.35. The molecule has 0 spiro atoms. The van der Waals surface area contributed by atoms with Crippen LogP contribution in [0.5, 0.6) is 11.5 Å². The van der Waals surface area contributed by atoms with Gasteiger partial charge < -0.3 is 14.8 Å². The highest BCUT2D eigenvalue weighted by molar-refractivity contribution is 6.07. The van der Waals surface area contributed by atoms with Gasteiger partial charge in [-0.05, 0) is 47.0 Å². The minimum absolute atomic E-state index is 0.171. The summed E-state index contributed by atoms with van der Waals surface area (Å²) in [6.45, 7) is 2.10. The fourth-order valence-electron chi connectivity index (χ4n) is 3.76. The average Bonchev–Trinajstić information content (AvgIpc) is 3.26. The van der Waals surface area contributed by atoms with Gasteiger partial charge in [0.2, 0.25) is 6.79 Å². The third kappa shape index (κ3) is 2.49. The number of amides is 3. The van der Waals surface area contributed by atoms with E-state index in [2.05, 4.69) is 5.32 Å². The fourth-order valence-corrected chi connectivity index (χ4v) is 3.76. The molecule has 1 saturated heterocycles. The van der Waals surface area contributed by atoms with E-state index >= 15 is 0 Å². The Morgan fingerprint density at radius 3 is 2.61 bits per heavy atom. The largest absolute Gasteiger partial charge is 0.454 e. The summed E-state index contributed by atoms with van der Waals surface area (Å²) >= 11 is 0. The lowest BCUT2D eigenvalue weighted by molar-refractivity contribution is -0.131. The van der Waals surface area contributed by atoms with Gasteiger partial charge in [-0.25, -0.2) is 4.79 Å². The van der Waals surface area contributed by atoms with E-state index in [0.717, 1.165) is 21.9 Å². The van der Waals surface area contributed by atoms with Crippen LogP contribution in [0, 0.1) is 0 Å². The van der Waals surface area contributed by atoms with Crippen LogP contribution in [0.2, 0.25) is 0 Å². The number of carbonyl (C=O) groups excluding carboxylic acids is 2. The summed E-state index contributed by atoms with van der Waals surface area (Å²) in [6.07, 6.45) is 0. The van der Waals surface area contributed by atoms with E-state index in [4.69, 9.17) is 9.47 Å². The molecule has 2 heterocycles. The van der Waals surface area contributed by atoms with Crippen molar-refractivity contribution in [3.63, 3.8) is 0 Å². The maximum atomic E-state index is 13.2. The van der Waals surface area contributed by atoms with Crippen molar-refractivity contribution in [3.8, 4) is 11.5 Å². The molecule has 1 atom stereocenters. The van der Waals surface area contributed by atoms with Crippen LogP contribution in [0.25, 0.3) is 10.8 Å². The van der Waals surface area contributed by atoms with Crippen LogP contribution in [-0.2, 0) is 16.9 Å². The molecule has 1 unspecified atom stereocenters. The quantitative estimate of drug-likeness (QED) is 0.712. The lowest BCUT2D eigenvalue weighted by atomic mass is 9.90. The van der Waals surface area contributed by atoms with Crippen molar-refractivity contribution in [3.05, 3.63) is 71.8 Å². The van der Waals surface area contributed by atoms with Crippen molar-refractivity contribution in [1.29, 1.82) is 0 Å². The zero-order valence-electron chi connectivity index (χ0n) is 15.3. The van der Waals surface area contributed by atoms with Gasteiger partial charge >= 0.3 is 6.03 Å². The van der Waals surface area contributed by atoms with Gasteiger partial charge in [0, 0.05) is 0 Å². The van der Waals surface area contributed by atoms with E-state index in [1.807, 2.05) is 48.5 Å². The van der Waals surface area contributed by atoms with Crippen molar-refractivity contribution in [1.82, 2.24) is 10.2 Å². The van der Waals surface area contributed by atoms with Crippen molar-refractivity contribution in [2.45, 2.75) is 19.0 Å². The molecule has 0 aliphatic carbocycles. The Hall–Kier alpha value is -3.54. The van der Waals surface area contributed by atoms with Gasteiger partial charge in [0.1, 0.15) is 5.54 Å². The number of fused-ring (bicyclic) bond motifs is 2. The van der Waals surface area contributed by atoms with E-state index in [-0.39, 0.29) is 19.2 Å². The minimum Gasteiger partial charge on any atom is -0.454 e. The predicted molar refractivity (Wildman–Crippen MR) is 103 cm³/mol. The van der Waals surface area contributed by atoms with E-state index in [1.165, 1.54) is 4.90 Å². The van der Waals surface area contributed by atoms with Gasteiger partial charge in [-0.3, -0.25) is 9.69 Å². The molecule has 2 aliphatic rings. The van der Waals surface area contributed by atoms with Crippen LogP contribution >= 0.6 is 0 Å². The first-order valence-corrected chi connectivity index (χ1v) is 9.06. The predicted octanol–water partition coefficient (Wildman–Crippen LogP) is 3.54. The summed E-state index contributed by atoms with van der Waals surface area (Å²) in [5.74, 6) is 1.02. The molecule has 2 aliphatic heterocycles. The highest BCUT2D eigenvalue weighted by Gasteiger charge is 2.49. The molecule has 3 aromatic rings. The van der Waals surface area contributed by atoms with Gasteiger partial charge in [0.05, 0.1) is 6.54 Å². The van der Waals surface area contributed by atoms with Gasteiger partial charge in [-0.2, -0.15) is 0 Å². The Labute approximate surface area is 161 Å². The van der Waals surface area contributed by atoms with Crippen LogP contribution in [0.3, 0.4) is 0 Å². The van der Waals surface area contributed by atoms with Crippen LogP contribution < -0.4 is 14.8 Å². The molecule has 6 heteroatoms. The molecule has 1 fully saturated rings. The second-order valence-electron chi connectivity index (χ2n) is 7.20. The molecule has 3 aromatic carbocycles. The number of benzene rings is 3. The smallest absolute Gasteiger partial charge is 0.325 e. The van der Waals surface area contributed by atoms with Crippen molar-refractivity contribution >= 4 is 22.7 Å². The molecule has 6 nitrogen and oxygen atoms in total. The summed E-state index contributed by atoms with van der Waals surface area (Å²) in [5, 5.41) is 4.98. The molecule has 0 aromatic heterocycles. The summed E-state index contributed by atoms with van der Waals surface area (Å²) in [4.78, 5) is 27.1. The Balaban J connectivity index is 1.45. The number of hydrogen-bond donors (Lipinski definition) is 1. The molecular formula is C22H18N2O4. The number of rotatable bonds is 3. The third-order valence-corrected chi connectivity index (χ3v) is 5.38. The second-order valence-corrected chi connectivity index (χ2v) is 7.20. The number of nitrogens with one attached hydrogen (secondary N) is 1. The molecule has 3 amide bonds. The van der Waals surface area contributed by atoms with Crippen LogP contribution in [0.15, 0.2) is 60.7 Å². The molecular weight excluding hydrogens is 356 g/mol. The van der Waals surface area contributed by atoms with Gasteiger partial charge in [-0.15, -0.1) is 0 Å². The first-order chi connectivity index (χ1) is 13.5. The van der Waals surface area contributed by atoms with Gasteiger partial charge in [0.25, 0.3) is 5.91 Å². The maximum Gasteiger partial charge on any atom is 0.325 e. The van der Waals surface area contributed by atoms with Crippen LogP contribution in [0.1, 0.15) is 18.1 Å². The van der Waals surface area contributed by atoms with Gasteiger partial charge in [0.15, 0.2) is 11.5 Å². The Morgan fingerprint density at radius 2 is 1.75 bits per heavy atom. The molecule has 140 valence electrons. The van der Waals surface area contributed by atoms with Crippen LogP contribution in [0.4, 0.5) is 4.79 Å². The second kappa shape index (κ2) is 5.99. The Bertz CT molecular complexity index is 1130. The molecule has 28 heavy (non-hydrogen) atoms.